The van der Waals surface area contributed by atoms with E-state index >= 15 is 0 Å². The Labute approximate surface area is 124 Å². The van der Waals surface area contributed by atoms with Crippen molar-refractivity contribution in [3.05, 3.63) is 34.6 Å². The Morgan fingerprint density at radius 3 is 2.85 bits per heavy atom. The maximum atomic E-state index is 13.8. The lowest BCUT2D eigenvalue weighted by molar-refractivity contribution is 0.170. The second-order valence-electron chi connectivity index (χ2n) is 5.70. The molecule has 2 aliphatic heterocycles. The first-order chi connectivity index (χ1) is 9.72. The van der Waals surface area contributed by atoms with Crippen molar-refractivity contribution >= 4 is 11.6 Å². The van der Waals surface area contributed by atoms with E-state index in [2.05, 4.69) is 15.1 Å². The van der Waals surface area contributed by atoms with Crippen molar-refractivity contribution < 1.29 is 4.39 Å². The molecule has 0 spiro atoms. The number of halogens is 2. The molecular formula is C15H21ClFN3. The van der Waals surface area contributed by atoms with E-state index in [1.807, 2.05) is 0 Å². The summed E-state index contributed by atoms with van der Waals surface area (Å²) in [6, 6.07) is 5.43. The van der Waals surface area contributed by atoms with Crippen molar-refractivity contribution in [1.82, 2.24) is 15.1 Å². The summed E-state index contributed by atoms with van der Waals surface area (Å²) in [6.07, 6.45) is 1.18. The van der Waals surface area contributed by atoms with Gasteiger partial charge >= 0.3 is 0 Å². The lowest BCUT2D eigenvalue weighted by atomic mass is 10.2. The highest BCUT2D eigenvalue weighted by Gasteiger charge is 2.28. The van der Waals surface area contributed by atoms with Crippen molar-refractivity contribution in [2.45, 2.75) is 19.0 Å². The SMILES string of the molecule is Fc1ccc(Cl)cc1CN1CCC(N2CCNCC2)C1. The van der Waals surface area contributed by atoms with Crippen LogP contribution in [0.25, 0.3) is 0 Å². The summed E-state index contributed by atoms with van der Waals surface area (Å²) in [5, 5.41) is 3.99. The average Bonchev–Trinajstić information content (AvgIpc) is 2.92. The quantitative estimate of drug-likeness (QED) is 0.920. The number of piperazine rings is 1. The molecule has 2 saturated heterocycles. The fourth-order valence-electron chi connectivity index (χ4n) is 3.21. The van der Waals surface area contributed by atoms with E-state index in [1.54, 1.807) is 12.1 Å². The molecule has 3 nitrogen and oxygen atoms in total. The summed E-state index contributed by atoms with van der Waals surface area (Å²) >= 11 is 5.95. The lowest BCUT2D eigenvalue weighted by Crippen LogP contribution is -2.49. The van der Waals surface area contributed by atoms with E-state index in [-0.39, 0.29) is 5.82 Å². The summed E-state index contributed by atoms with van der Waals surface area (Å²) in [5.74, 6) is -0.153. The fraction of sp³-hybridized carbons (Fsp3) is 0.600. The van der Waals surface area contributed by atoms with Gasteiger partial charge in [-0.25, -0.2) is 4.39 Å². The monoisotopic (exact) mass is 297 g/mol. The Morgan fingerprint density at radius 1 is 1.25 bits per heavy atom. The van der Waals surface area contributed by atoms with Crippen molar-refractivity contribution in [2.24, 2.45) is 0 Å². The second kappa shape index (κ2) is 6.39. The van der Waals surface area contributed by atoms with Gasteiger partial charge in [-0.1, -0.05) is 11.6 Å². The largest absolute Gasteiger partial charge is 0.314 e. The van der Waals surface area contributed by atoms with E-state index in [0.717, 1.165) is 39.3 Å². The third-order valence-corrected chi connectivity index (χ3v) is 4.55. The molecule has 0 amide bonds. The molecule has 2 heterocycles. The summed E-state index contributed by atoms with van der Waals surface area (Å²) in [4.78, 5) is 4.90. The van der Waals surface area contributed by atoms with E-state index in [1.165, 1.54) is 12.5 Å². The maximum Gasteiger partial charge on any atom is 0.127 e. The predicted molar refractivity (Wildman–Crippen MR) is 79.5 cm³/mol. The minimum Gasteiger partial charge on any atom is -0.314 e. The van der Waals surface area contributed by atoms with Crippen LogP contribution in [0.15, 0.2) is 18.2 Å². The van der Waals surface area contributed by atoms with Gasteiger partial charge in [-0.3, -0.25) is 9.80 Å². The van der Waals surface area contributed by atoms with Gasteiger partial charge in [0.05, 0.1) is 0 Å². The first kappa shape index (κ1) is 14.3. The van der Waals surface area contributed by atoms with Gasteiger partial charge in [0.25, 0.3) is 0 Å². The molecule has 0 aromatic heterocycles. The highest BCUT2D eigenvalue weighted by molar-refractivity contribution is 6.30. The standard InChI is InChI=1S/C15H21ClFN3/c16-13-1-2-15(17)12(9-13)10-19-6-3-14(11-19)20-7-4-18-5-8-20/h1-2,9,14,18H,3-8,10-11H2. The van der Waals surface area contributed by atoms with Crippen LogP contribution >= 0.6 is 11.6 Å². The van der Waals surface area contributed by atoms with Crippen LogP contribution in [0.2, 0.25) is 5.02 Å². The molecule has 0 radical (unpaired) electrons. The topological polar surface area (TPSA) is 18.5 Å². The molecular weight excluding hydrogens is 277 g/mol. The molecule has 1 aromatic rings. The van der Waals surface area contributed by atoms with Crippen LogP contribution in [-0.4, -0.2) is 55.1 Å². The van der Waals surface area contributed by atoms with Gasteiger partial charge in [-0.2, -0.15) is 0 Å². The zero-order valence-corrected chi connectivity index (χ0v) is 12.4. The third-order valence-electron chi connectivity index (χ3n) is 4.32. The Balaban J connectivity index is 1.58. The normalized spacial score (nSPS) is 25.2. The summed E-state index contributed by atoms with van der Waals surface area (Å²) in [6.45, 7) is 7.16. The van der Waals surface area contributed by atoms with E-state index in [0.29, 0.717) is 23.2 Å². The summed E-state index contributed by atoms with van der Waals surface area (Å²) in [5.41, 5.74) is 0.707. The maximum absolute atomic E-state index is 13.8. The number of likely N-dealkylation sites (tertiary alicyclic amines) is 1. The molecule has 2 fully saturated rings. The number of benzene rings is 1. The van der Waals surface area contributed by atoms with Gasteiger partial charge in [-0.15, -0.1) is 0 Å². The van der Waals surface area contributed by atoms with Gasteiger partial charge in [0.2, 0.25) is 0 Å². The molecule has 0 saturated carbocycles. The number of hydrogen-bond acceptors (Lipinski definition) is 3. The Kier molecular flexibility index (Phi) is 4.56. The summed E-state index contributed by atoms with van der Waals surface area (Å²) < 4.78 is 13.8. The van der Waals surface area contributed by atoms with Crippen LogP contribution < -0.4 is 5.32 Å². The van der Waals surface area contributed by atoms with Gasteiger partial charge in [0.1, 0.15) is 5.82 Å². The molecule has 2 aliphatic rings. The molecule has 5 heteroatoms. The average molecular weight is 298 g/mol. The third kappa shape index (κ3) is 3.31. The number of rotatable bonds is 3. The molecule has 110 valence electrons. The van der Waals surface area contributed by atoms with Gasteiger partial charge < -0.3 is 5.32 Å². The van der Waals surface area contributed by atoms with Crippen LogP contribution in [0.1, 0.15) is 12.0 Å². The molecule has 0 bridgehead atoms. The molecule has 1 atom stereocenters. The van der Waals surface area contributed by atoms with E-state index < -0.39 is 0 Å². The fourth-order valence-corrected chi connectivity index (χ4v) is 3.40. The van der Waals surface area contributed by atoms with Gasteiger partial charge in [-0.05, 0) is 24.6 Å². The molecule has 3 rings (SSSR count). The van der Waals surface area contributed by atoms with Crippen molar-refractivity contribution in [1.29, 1.82) is 0 Å². The van der Waals surface area contributed by atoms with Crippen LogP contribution in [0.5, 0.6) is 0 Å². The minimum atomic E-state index is -0.153. The Morgan fingerprint density at radius 2 is 2.05 bits per heavy atom. The summed E-state index contributed by atoms with van der Waals surface area (Å²) in [7, 11) is 0. The zero-order valence-electron chi connectivity index (χ0n) is 11.6. The lowest BCUT2D eigenvalue weighted by Gasteiger charge is -2.32. The molecule has 0 aliphatic carbocycles. The molecule has 1 N–H and O–H groups in total. The van der Waals surface area contributed by atoms with Crippen molar-refractivity contribution in [2.75, 3.05) is 39.3 Å². The molecule has 1 unspecified atom stereocenters. The smallest absolute Gasteiger partial charge is 0.127 e. The highest BCUT2D eigenvalue weighted by Crippen LogP contribution is 2.21. The van der Waals surface area contributed by atoms with E-state index in [9.17, 15) is 4.39 Å². The van der Waals surface area contributed by atoms with Crippen LogP contribution in [0, 0.1) is 5.82 Å². The number of nitrogens with zero attached hydrogens (tertiary/aromatic N) is 2. The van der Waals surface area contributed by atoms with E-state index in [4.69, 9.17) is 11.6 Å². The zero-order chi connectivity index (χ0) is 13.9. The van der Waals surface area contributed by atoms with Gasteiger partial charge in [0, 0.05) is 62.4 Å². The Bertz CT molecular complexity index is 462. The Hall–Kier alpha value is -0.680. The molecule has 1 aromatic carbocycles. The van der Waals surface area contributed by atoms with Crippen LogP contribution in [0.3, 0.4) is 0 Å². The first-order valence-corrected chi connectivity index (χ1v) is 7.71. The van der Waals surface area contributed by atoms with Crippen LogP contribution in [0.4, 0.5) is 4.39 Å². The van der Waals surface area contributed by atoms with Gasteiger partial charge in [0.15, 0.2) is 0 Å². The number of hydrogen-bond donors (Lipinski definition) is 1. The minimum absolute atomic E-state index is 0.153. The predicted octanol–water partition coefficient (Wildman–Crippen LogP) is 1.96. The highest BCUT2D eigenvalue weighted by atomic mass is 35.5. The second-order valence-corrected chi connectivity index (χ2v) is 6.14. The van der Waals surface area contributed by atoms with Crippen LogP contribution in [-0.2, 0) is 6.54 Å². The number of nitrogens with one attached hydrogen (secondary N) is 1. The van der Waals surface area contributed by atoms with Crippen molar-refractivity contribution in [3.63, 3.8) is 0 Å². The first-order valence-electron chi connectivity index (χ1n) is 7.33. The van der Waals surface area contributed by atoms with Crippen molar-refractivity contribution in [3.8, 4) is 0 Å². The molecule has 20 heavy (non-hydrogen) atoms.